The smallest absolute Gasteiger partial charge is 0.326 e. The number of hydrogen-bond donors (Lipinski definition) is 2. The Kier molecular flexibility index (Phi) is 5.38. The summed E-state index contributed by atoms with van der Waals surface area (Å²) >= 11 is 1.15. The van der Waals surface area contributed by atoms with Crippen LogP contribution in [0.1, 0.15) is 35.6 Å². The Morgan fingerprint density at radius 2 is 2.00 bits per heavy atom. The van der Waals surface area contributed by atoms with Crippen LogP contribution in [0.4, 0.5) is 0 Å². The topological polar surface area (TPSA) is 105 Å². The number of nitrogens with one attached hydrogen (secondary N) is 1. The lowest BCUT2D eigenvalue weighted by Crippen LogP contribution is -2.44. The molecule has 0 saturated carbocycles. The van der Waals surface area contributed by atoms with Crippen molar-refractivity contribution in [2.24, 2.45) is 5.92 Å². The first-order chi connectivity index (χ1) is 10.9. The third kappa shape index (κ3) is 3.89. The number of carboxylic acids is 1. The van der Waals surface area contributed by atoms with Gasteiger partial charge in [0.05, 0.1) is 5.69 Å². The summed E-state index contributed by atoms with van der Waals surface area (Å²) in [5, 5.41) is 12.4. The van der Waals surface area contributed by atoms with Crippen molar-refractivity contribution in [2.75, 3.05) is 0 Å². The summed E-state index contributed by atoms with van der Waals surface area (Å²) in [5.74, 6) is -1.20. The van der Waals surface area contributed by atoms with E-state index < -0.39 is 17.9 Å². The minimum Gasteiger partial charge on any atom is -0.480 e. The number of hydrogen-bond acceptors (Lipinski definition) is 6. The molecule has 1 amide bonds. The van der Waals surface area contributed by atoms with E-state index in [0.717, 1.165) is 11.3 Å². The number of aliphatic carboxylic acids is 1. The van der Waals surface area contributed by atoms with Crippen molar-refractivity contribution >= 4 is 23.2 Å². The summed E-state index contributed by atoms with van der Waals surface area (Å²) in [6.45, 7) is 5.38. The van der Waals surface area contributed by atoms with E-state index in [1.165, 1.54) is 0 Å². The Balaban J connectivity index is 2.23. The van der Waals surface area contributed by atoms with Crippen LogP contribution in [0.3, 0.4) is 0 Å². The number of rotatable bonds is 6. The normalized spacial score (nSPS) is 13.3. The molecule has 0 unspecified atom stereocenters. The molecule has 23 heavy (non-hydrogen) atoms. The van der Waals surface area contributed by atoms with Crippen molar-refractivity contribution < 1.29 is 14.7 Å². The molecule has 0 radical (unpaired) electrons. The van der Waals surface area contributed by atoms with Crippen LogP contribution in [-0.2, 0) is 4.79 Å². The lowest BCUT2D eigenvalue weighted by atomic mass is 9.99. The Morgan fingerprint density at radius 3 is 2.57 bits per heavy atom. The highest BCUT2D eigenvalue weighted by molar-refractivity contribution is 7.17. The second-order valence-corrected chi connectivity index (χ2v) is 6.18. The molecule has 0 aromatic carbocycles. The van der Waals surface area contributed by atoms with E-state index in [1.54, 1.807) is 32.3 Å². The molecule has 2 aromatic rings. The molecule has 0 bridgehead atoms. The molecule has 0 aliphatic rings. The third-order valence-corrected chi connectivity index (χ3v) is 4.68. The van der Waals surface area contributed by atoms with Gasteiger partial charge in [-0.25, -0.2) is 19.7 Å². The summed E-state index contributed by atoms with van der Waals surface area (Å²) in [7, 11) is 0. The van der Waals surface area contributed by atoms with E-state index in [-0.39, 0.29) is 5.92 Å². The number of carbonyl (C=O) groups is 2. The average Bonchev–Trinajstić information content (AvgIpc) is 2.94. The van der Waals surface area contributed by atoms with Gasteiger partial charge < -0.3 is 10.4 Å². The molecule has 0 spiro atoms. The maximum absolute atomic E-state index is 12.4. The molecule has 2 aromatic heterocycles. The van der Waals surface area contributed by atoms with Crippen molar-refractivity contribution in [1.29, 1.82) is 0 Å². The molecule has 2 rings (SSSR count). The quantitative estimate of drug-likeness (QED) is 0.838. The van der Waals surface area contributed by atoms with Gasteiger partial charge >= 0.3 is 5.97 Å². The number of aromatic nitrogens is 3. The van der Waals surface area contributed by atoms with Crippen molar-refractivity contribution in [1.82, 2.24) is 20.3 Å². The minimum absolute atomic E-state index is 0.165. The summed E-state index contributed by atoms with van der Waals surface area (Å²) in [5.41, 5.74) is 0.531. The fourth-order valence-corrected chi connectivity index (χ4v) is 2.92. The van der Waals surface area contributed by atoms with Gasteiger partial charge in [-0.2, -0.15) is 0 Å². The Morgan fingerprint density at radius 1 is 1.35 bits per heavy atom. The van der Waals surface area contributed by atoms with E-state index in [4.69, 9.17) is 0 Å². The predicted molar refractivity (Wildman–Crippen MR) is 86.2 cm³/mol. The minimum atomic E-state index is -1.04. The molecular weight excluding hydrogens is 316 g/mol. The monoisotopic (exact) mass is 334 g/mol. The highest BCUT2D eigenvalue weighted by Gasteiger charge is 2.27. The number of carbonyl (C=O) groups excluding carboxylic acids is 1. The van der Waals surface area contributed by atoms with E-state index >= 15 is 0 Å². The van der Waals surface area contributed by atoms with Crippen LogP contribution in [0.15, 0.2) is 18.5 Å². The molecular formula is C15H18N4O3S. The molecule has 122 valence electrons. The fraction of sp³-hybridized carbons (Fsp3) is 0.400. The zero-order valence-corrected chi connectivity index (χ0v) is 13.9. The standard InChI is InChI=1S/C15H18N4O3S/c1-4-8(2)10(15(21)22)19-13(20)11-9(3)18-14(23-11)12-16-6-5-7-17-12/h5-8,10H,4H2,1-3H3,(H,19,20)(H,21,22)/t8-,10+/m1/s1. The molecule has 0 aliphatic carbocycles. The first kappa shape index (κ1) is 17.0. The van der Waals surface area contributed by atoms with Gasteiger partial charge in [0.15, 0.2) is 10.8 Å². The average molecular weight is 334 g/mol. The number of aryl methyl sites for hydroxylation is 1. The zero-order chi connectivity index (χ0) is 17.0. The summed E-state index contributed by atoms with van der Waals surface area (Å²) < 4.78 is 0. The van der Waals surface area contributed by atoms with E-state index in [9.17, 15) is 14.7 Å². The molecule has 0 saturated heterocycles. The van der Waals surface area contributed by atoms with Gasteiger partial charge in [0, 0.05) is 12.4 Å². The highest BCUT2D eigenvalue weighted by atomic mass is 32.1. The van der Waals surface area contributed by atoms with Crippen molar-refractivity contribution in [2.45, 2.75) is 33.2 Å². The molecule has 2 atom stereocenters. The van der Waals surface area contributed by atoms with Gasteiger partial charge in [-0.1, -0.05) is 20.3 Å². The molecule has 2 heterocycles. The largest absolute Gasteiger partial charge is 0.480 e. The number of thiazole rings is 1. The SMILES string of the molecule is CC[C@@H](C)[C@H](NC(=O)c1sc(-c2ncccn2)nc1C)C(=O)O. The second kappa shape index (κ2) is 7.28. The molecule has 0 aliphatic heterocycles. The Bertz CT molecular complexity index is 702. The first-order valence-electron chi connectivity index (χ1n) is 7.22. The lowest BCUT2D eigenvalue weighted by Gasteiger charge is -2.19. The van der Waals surface area contributed by atoms with Crippen LogP contribution in [0, 0.1) is 12.8 Å². The van der Waals surface area contributed by atoms with Gasteiger partial charge in [-0.15, -0.1) is 11.3 Å². The fourth-order valence-electron chi connectivity index (χ4n) is 2.00. The second-order valence-electron chi connectivity index (χ2n) is 5.18. The van der Waals surface area contributed by atoms with E-state index in [2.05, 4.69) is 20.3 Å². The van der Waals surface area contributed by atoms with Crippen LogP contribution in [0.5, 0.6) is 0 Å². The summed E-state index contributed by atoms with van der Waals surface area (Å²) in [6.07, 6.45) is 3.85. The molecule has 8 heteroatoms. The van der Waals surface area contributed by atoms with Crippen LogP contribution in [0.25, 0.3) is 10.8 Å². The van der Waals surface area contributed by atoms with Crippen molar-refractivity contribution in [3.8, 4) is 10.8 Å². The van der Waals surface area contributed by atoms with Crippen LogP contribution >= 0.6 is 11.3 Å². The van der Waals surface area contributed by atoms with E-state index in [1.807, 2.05) is 6.92 Å². The maximum atomic E-state index is 12.4. The number of nitrogens with zero attached hydrogens (tertiary/aromatic N) is 3. The van der Waals surface area contributed by atoms with Crippen LogP contribution in [-0.4, -0.2) is 38.0 Å². The highest BCUT2D eigenvalue weighted by Crippen LogP contribution is 2.25. The maximum Gasteiger partial charge on any atom is 0.326 e. The number of carboxylic acid groups (broad SMARTS) is 1. The predicted octanol–water partition coefficient (Wildman–Crippen LogP) is 2.14. The van der Waals surface area contributed by atoms with Gasteiger partial charge in [0.2, 0.25) is 0 Å². The van der Waals surface area contributed by atoms with E-state index in [0.29, 0.717) is 27.8 Å². The van der Waals surface area contributed by atoms with Crippen LogP contribution in [0.2, 0.25) is 0 Å². The molecule has 7 nitrogen and oxygen atoms in total. The number of amides is 1. The van der Waals surface area contributed by atoms with Crippen molar-refractivity contribution in [3.05, 3.63) is 29.0 Å². The van der Waals surface area contributed by atoms with Gasteiger partial charge in [0.1, 0.15) is 10.9 Å². The van der Waals surface area contributed by atoms with Crippen molar-refractivity contribution in [3.63, 3.8) is 0 Å². The molecule has 2 N–H and O–H groups in total. The lowest BCUT2D eigenvalue weighted by molar-refractivity contribution is -0.140. The Hall–Kier alpha value is -2.35. The molecule has 0 fully saturated rings. The van der Waals surface area contributed by atoms with Gasteiger partial charge in [-0.05, 0) is 18.9 Å². The third-order valence-electron chi connectivity index (χ3n) is 3.53. The Labute approximate surface area is 137 Å². The van der Waals surface area contributed by atoms with Gasteiger partial charge in [-0.3, -0.25) is 4.79 Å². The summed E-state index contributed by atoms with van der Waals surface area (Å²) in [6, 6.07) is 0.770. The zero-order valence-electron chi connectivity index (χ0n) is 13.1. The summed E-state index contributed by atoms with van der Waals surface area (Å²) in [4.78, 5) is 36.6. The first-order valence-corrected chi connectivity index (χ1v) is 8.04. The van der Waals surface area contributed by atoms with Gasteiger partial charge in [0.25, 0.3) is 5.91 Å². The van der Waals surface area contributed by atoms with Crippen LogP contribution < -0.4 is 5.32 Å².